The van der Waals surface area contributed by atoms with Crippen LogP contribution in [-0.2, 0) is 6.54 Å². The number of ketones is 1. The van der Waals surface area contributed by atoms with Gasteiger partial charge in [0.05, 0.1) is 12.0 Å². The van der Waals surface area contributed by atoms with Crippen LogP contribution in [0, 0.1) is 6.92 Å². The number of carbonyl (C=O) groups excluding carboxylic acids is 1. The Morgan fingerprint density at radius 1 is 1.26 bits per heavy atom. The Morgan fingerprint density at radius 2 is 2.00 bits per heavy atom. The van der Waals surface area contributed by atoms with E-state index in [0.717, 1.165) is 33.8 Å². The topological polar surface area (TPSA) is 31.2 Å². The number of hydrogen-bond acceptors (Lipinski definition) is 3. The zero-order valence-corrected chi connectivity index (χ0v) is 14.7. The Kier molecular flexibility index (Phi) is 4.74. The number of rotatable bonds is 6. The van der Waals surface area contributed by atoms with Crippen LogP contribution < -0.4 is 4.74 Å². The molecule has 1 aromatic carbocycles. The van der Waals surface area contributed by atoms with Crippen LogP contribution in [0.15, 0.2) is 36.4 Å². The summed E-state index contributed by atoms with van der Waals surface area (Å²) in [6.45, 7) is 2.97. The Balaban J connectivity index is 1.93. The molecular formula is C18H18ClNO2S. The molecule has 0 saturated carbocycles. The smallest absolute Gasteiger partial charge is 0.203 e. The summed E-state index contributed by atoms with van der Waals surface area (Å²) in [4.78, 5) is 14.6. The fraction of sp³-hybridized carbons (Fsp3) is 0.278. The third-order valence-electron chi connectivity index (χ3n) is 3.87. The van der Waals surface area contributed by atoms with Crippen molar-refractivity contribution in [1.82, 2.24) is 4.57 Å². The summed E-state index contributed by atoms with van der Waals surface area (Å²) in [5.41, 5.74) is 1.89. The summed E-state index contributed by atoms with van der Waals surface area (Å²) in [5, 5.41) is 1.12. The van der Waals surface area contributed by atoms with Crippen molar-refractivity contribution in [2.24, 2.45) is 0 Å². The number of thiophene rings is 1. The van der Waals surface area contributed by atoms with Gasteiger partial charge in [-0.1, -0.05) is 0 Å². The highest BCUT2D eigenvalue weighted by molar-refractivity contribution is 7.20. The van der Waals surface area contributed by atoms with Crippen molar-refractivity contribution in [3.05, 3.63) is 52.5 Å². The van der Waals surface area contributed by atoms with Crippen molar-refractivity contribution in [3.63, 3.8) is 0 Å². The van der Waals surface area contributed by atoms with E-state index in [1.54, 1.807) is 30.6 Å². The van der Waals surface area contributed by atoms with Crippen LogP contribution in [0.25, 0.3) is 10.2 Å². The highest BCUT2D eigenvalue weighted by Crippen LogP contribution is 2.31. The Labute approximate surface area is 144 Å². The van der Waals surface area contributed by atoms with Crippen LogP contribution in [0.3, 0.4) is 0 Å². The highest BCUT2D eigenvalue weighted by Gasteiger charge is 2.16. The van der Waals surface area contributed by atoms with Gasteiger partial charge in [0.25, 0.3) is 0 Å². The van der Waals surface area contributed by atoms with Gasteiger partial charge in [0, 0.05) is 29.1 Å². The minimum atomic E-state index is 0.0513. The molecule has 0 atom stereocenters. The molecule has 2 aromatic heterocycles. The predicted molar refractivity (Wildman–Crippen MR) is 96.3 cm³/mol. The molecule has 3 nitrogen and oxygen atoms in total. The van der Waals surface area contributed by atoms with E-state index in [0.29, 0.717) is 11.4 Å². The normalized spacial score (nSPS) is 11.1. The summed E-state index contributed by atoms with van der Waals surface area (Å²) in [7, 11) is 1.62. The third kappa shape index (κ3) is 3.14. The Morgan fingerprint density at radius 3 is 2.65 bits per heavy atom. The van der Waals surface area contributed by atoms with Crippen molar-refractivity contribution >= 4 is 38.9 Å². The van der Waals surface area contributed by atoms with E-state index >= 15 is 0 Å². The van der Waals surface area contributed by atoms with Gasteiger partial charge < -0.3 is 9.30 Å². The van der Waals surface area contributed by atoms with Gasteiger partial charge in [-0.05, 0) is 49.7 Å². The van der Waals surface area contributed by atoms with Crippen molar-refractivity contribution in [2.75, 3.05) is 13.0 Å². The summed E-state index contributed by atoms with van der Waals surface area (Å²) in [6.07, 6.45) is 0.922. The summed E-state index contributed by atoms with van der Waals surface area (Å²) in [6, 6.07) is 11.3. The number of hydrogen-bond donors (Lipinski definition) is 0. The van der Waals surface area contributed by atoms with E-state index in [9.17, 15) is 4.79 Å². The second kappa shape index (κ2) is 6.77. The van der Waals surface area contributed by atoms with Gasteiger partial charge in [0.15, 0.2) is 0 Å². The molecule has 3 rings (SSSR count). The summed E-state index contributed by atoms with van der Waals surface area (Å²) < 4.78 is 7.38. The molecule has 0 amide bonds. The molecule has 23 heavy (non-hydrogen) atoms. The fourth-order valence-electron chi connectivity index (χ4n) is 2.67. The fourth-order valence-corrected chi connectivity index (χ4v) is 3.97. The average molecular weight is 348 g/mol. The molecule has 0 aliphatic carbocycles. The number of alkyl halides is 1. The minimum Gasteiger partial charge on any atom is -0.497 e. The molecule has 0 aliphatic rings. The molecule has 5 heteroatoms. The van der Waals surface area contributed by atoms with Gasteiger partial charge in [0.2, 0.25) is 5.78 Å². The van der Waals surface area contributed by atoms with E-state index in [-0.39, 0.29) is 5.78 Å². The lowest BCUT2D eigenvalue weighted by Gasteiger charge is -2.05. The van der Waals surface area contributed by atoms with E-state index in [1.165, 1.54) is 5.69 Å². The maximum atomic E-state index is 12.7. The molecule has 0 unspecified atom stereocenters. The van der Waals surface area contributed by atoms with Crippen LogP contribution in [0.5, 0.6) is 5.75 Å². The molecule has 0 bridgehead atoms. The van der Waals surface area contributed by atoms with Crippen LogP contribution in [0.4, 0.5) is 0 Å². The zero-order valence-electron chi connectivity index (χ0n) is 13.1. The van der Waals surface area contributed by atoms with Gasteiger partial charge in [-0.3, -0.25) is 4.79 Å². The minimum absolute atomic E-state index is 0.0513. The number of fused-ring (bicyclic) bond motifs is 1. The molecular weight excluding hydrogens is 330 g/mol. The van der Waals surface area contributed by atoms with Crippen LogP contribution >= 0.6 is 22.9 Å². The van der Waals surface area contributed by atoms with Gasteiger partial charge in [-0.15, -0.1) is 22.9 Å². The first-order valence-electron chi connectivity index (χ1n) is 7.48. The van der Waals surface area contributed by atoms with Crippen molar-refractivity contribution in [2.45, 2.75) is 19.9 Å². The van der Waals surface area contributed by atoms with E-state index in [4.69, 9.17) is 16.3 Å². The number of nitrogens with zero attached hydrogens (tertiary/aromatic N) is 1. The Bertz CT molecular complexity index is 833. The molecule has 3 aromatic rings. The lowest BCUT2D eigenvalue weighted by molar-refractivity contribution is 0.104. The number of aromatic nitrogens is 1. The monoisotopic (exact) mass is 347 g/mol. The lowest BCUT2D eigenvalue weighted by atomic mass is 10.1. The summed E-state index contributed by atoms with van der Waals surface area (Å²) in [5.74, 6) is 1.44. The second-order valence-electron chi connectivity index (χ2n) is 5.41. The van der Waals surface area contributed by atoms with Gasteiger partial charge in [0.1, 0.15) is 10.6 Å². The van der Waals surface area contributed by atoms with Gasteiger partial charge in [-0.25, -0.2) is 0 Å². The molecule has 0 fully saturated rings. The first kappa shape index (κ1) is 16.1. The van der Waals surface area contributed by atoms with E-state index in [2.05, 4.69) is 17.6 Å². The number of methoxy groups -OCH3 is 1. The zero-order chi connectivity index (χ0) is 16.4. The summed E-state index contributed by atoms with van der Waals surface area (Å²) >= 11 is 7.36. The molecule has 0 aliphatic heterocycles. The number of halogens is 1. The maximum absolute atomic E-state index is 12.7. The highest BCUT2D eigenvalue weighted by atomic mass is 35.5. The van der Waals surface area contributed by atoms with Gasteiger partial charge >= 0.3 is 0 Å². The largest absolute Gasteiger partial charge is 0.497 e. The third-order valence-corrected chi connectivity index (χ3v) is 5.31. The number of carbonyl (C=O) groups is 1. The van der Waals surface area contributed by atoms with Crippen molar-refractivity contribution in [3.8, 4) is 5.75 Å². The number of ether oxygens (including phenoxy) is 1. The Hall–Kier alpha value is -1.78. The molecule has 0 radical (unpaired) electrons. The van der Waals surface area contributed by atoms with Gasteiger partial charge in [-0.2, -0.15) is 0 Å². The van der Waals surface area contributed by atoms with E-state index < -0.39 is 0 Å². The molecule has 0 saturated heterocycles. The average Bonchev–Trinajstić information content (AvgIpc) is 3.10. The predicted octanol–water partition coefficient (Wildman–Crippen LogP) is 4.88. The molecule has 120 valence electrons. The SMILES string of the molecule is COc1ccc(C(=O)c2cc3cc(C)n(CCCCl)c3s2)cc1. The standard InChI is InChI=1S/C18H18ClNO2S/c1-12-10-14-11-16(23-18(14)20(12)9-3-8-19)17(21)13-4-6-15(22-2)7-5-13/h4-7,10-11H,3,8-9H2,1-2H3. The maximum Gasteiger partial charge on any atom is 0.203 e. The van der Waals surface area contributed by atoms with Crippen molar-refractivity contribution in [1.29, 1.82) is 0 Å². The lowest BCUT2D eigenvalue weighted by Crippen LogP contribution is -2.00. The second-order valence-corrected chi connectivity index (χ2v) is 6.82. The first-order valence-corrected chi connectivity index (χ1v) is 8.83. The van der Waals surface area contributed by atoms with Crippen LogP contribution in [0.2, 0.25) is 0 Å². The van der Waals surface area contributed by atoms with Crippen LogP contribution in [0.1, 0.15) is 27.3 Å². The molecule has 2 heterocycles. The molecule has 0 N–H and O–H groups in total. The first-order chi connectivity index (χ1) is 11.1. The number of aryl methyl sites for hydroxylation is 2. The quantitative estimate of drug-likeness (QED) is 0.470. The molecule has 0 spiro atoms. The van der Waals surface area contributed by atoms with Crippen molar-refractivity contribution < 1.29 is 9.53 Å². The number of benzene rings is 1. The van der Waals surface area contributed by atoms with E-state index in [1.807, 2.05) is 18.2 Å². The van der Waals surface area contributed by atoms with Crippen LogP contribution in [-0.4, -0.2) is 23.3 Å².